The van der Waals surface area contributed by atoms with Crippen LogP contribution in [0.25, 0.3) is 0 Å². The Morgan fingerprint density at radius 1 is 0.833 bits per heavy atom. The second-order valence-electron chi connectivity index (χ2n) is 27.5. The van der Waals surface area contributed by atoms with Crippen LogP contribution >= 0.6 is 22.6 Å². The number of hydrogen-bond donors (Lipinski definition) is 0. The lowest BCUT2D eigenvalue weighted by Crippen LogP contribution is -2.64. The van der Waals surface area contributed by atoms with E-state index < -0.39 is 56.0 Å². The molecule has 5 saturated heterocycles. The highest BCUT2D eigenvalue weighted by molar-refractivity contribution is 14.1. The third-order valence-electron chi connectivity index (χ3n) is 19.8. The Hall–Kier alpha value is -1.39. The Labute approximate surface area is 488 Å². The van der Waals surface area contributed by atoms with Crippen molar-refractivity contribution < 1.29 is 50.5 Å². The van der Waals surface area contributed by atoms with Crippen LogP contribution in [0, 0.1) is 29.6 Å². The molecule has 0 radical (unpaired) electrons. The molecule has 5 heterocycles. The molecule has 0 aromatic heterocycles. The first-order valence-corrected chi connectivity index (χ1v) is 38.5. The highest BCUT2D eigenvalue weighted by atomic mass is 127. The van der Waals surface area contributed by atoms with Gasteiger partial charge >= 0.3 is 0 Å². The number of Topliss-reactive ketones (excluding diaryl/α,β-unsaturated/α-hetero) is 1. The van der Waals surface area contributed by atoms with Crippen molar-refractivity contribution >= 4 is 61.1 Å². The number of ketones is 1. The van der Waals surface area contributed by atoms with Gasteiger partial charge in [-0.1, -0.05) is 137 Å². The van der Waals surface area contributed by atoms with Crippen LogP contribution in [0.2, 0.25) is 36.3 Å². The summed E-state index contributed by atoms with van der Waals surface area (Å²) in [6.07, 6.45) is 7.69. The molecule has 18 atom stereocenters. The van der Waals surface area contributed by atoms with E-state index in [-0.39, 0.29) is 99.9 Å². The summed E-state index contributed by atoms with van der Waals surface area (Å²) in [5.41, 5.74) is 3.06. The molecule has 0 N–H and O–H groups in total. The zero-order chi connectivity index (χ0) is 57.9. The second kappa shape index (κ2) is 27.1. The standard InChI is InChI=1S/C63H103IO11SSi2/c1-19-39(3)34-54-43(7)57(56(72-54)38-55-42(6)40(4)35-47(70-55)25-29-51-41(5)36-46(69-51)22-21-33-65)61(76(67,68)49-27-23-45(20-2)24-28-49)50(66)37-48-26-30-52-58(71-48)44(8)59(75-78(17,18)63(12,13)14)60(73-52)53(31-32-64)74-77(15,16)62(9,10)11/h23-24,27-28,31-33,39-40,43-44,46-48,51-61H,5-6,19-22,25-26,29-30,34-38H2,1-4,7-18H3/b32-31+/t39-,40+,43-,44+,46+,47+,48-,51+,52+,53+,54-,55-,56+,57-,58+,59+,60-,61?/m1/s1. The smallest absolute Gasteiger partial charge is 0.193 e. The van der Waals surface area contributed by atoms with Gasteiger partial charge < -0.3 is 37.3 Å². The Balaban J connectivity index is 1.32. The molecule has 0 aliphatic carbocycles. The molecule has 5 fully saturated rings. The Morgan fingerprint density at radius 3 is 2.09 bits per heavy atom. The fraction of sp³-hybridized carbons (Fsp3) is 0.778. The van der Waals surface area contributed by atoms with Gasteiger partial charge in [-0.15, -0.1) is 0 Å². The molecule has 0 saturated carbocycles. The van der Waals surface area contributed by atoms with Crippen molar-refractivity contribution in [2.24, 2.45) is 29.6 Å². The summed E-state index contributed by atoms with van der Waals surface area (Å²) in [7, 11) is -8.91. The number of halogens is 1. The van der Waals surface area contributed by atoms with Crippen molar-refractivity contribution in [3.63, 3.8) is 0 Å². The maximum absolute atomic E-state index is 15.8. The molecular weight excluding hydrogens is 1150 g/mol. The van der Waals surface area contributed by atoms with Crippen molar-refractivity contribution in [2.75, 3.05) is 0 Å². The topological polar surface area (TPSA) is 133 Å². The number of rotatable bonds is 24. The molecule has 11 nitrogen and oxygen atoms in total. The molecule has 15 heteroatoms. The number of benzene rings is 1. The molecule has 1 aromatic carbocycles. The third-order valence-corrected chi connectivity index (χ3v) is 31.3. The number of fused-ring (bicyclic) bond motifs is 1. The Bertz CT molecular complexity index is 2330. The SMILES string of the molecule is C=C1C[C@H](CCC=O)O[C@H]1CC[C@H]1C[C@H](C)C(=C)[C@@H](C[C@@H]2O[C@H](C[C@H](C)CC)[C@@H](C)[C@H]2C(C(=O)C[C@H]2CC[C@@H]3O[C@H]([C@H](/C=C/I)O[Si](C)(C)C(C)(C)C)[C@@H](O[Si](C)(C)C(C)(C)C)[C@@H](C)[C@@H]3O2)S(=O)(=O)c2ccc(CC)cc2)O1. The first kappa shape index (κ1) is 65.8. The van der Waals surface area contributed by atoms with E-state index in [0.29, 0.717) is 38.0 Å². The van der Waals surface area contributed by atoms with Gasteiger partial charge in [-0.25, -0.2) is 8.42 Å². The van der Waals surface area contributed by atoms with E-state index in [1.54, 1.807) is 12.1 Å². The average molecular weight is 1250 g/mol. The molecular formula is C63H103IO11SSi2. The average Bonchev–Trinajstić information content (AvgIpc) is 3.87. The zero-order valence-electron chi connectivity index (χ0n) is 50.8. The van der Waals surface area contributed by atoms with Gasteiger partial charge in [0.25, 0.3) is 0 Å². The quantitative estimate of drug-likeness (QED) is 0.0424. The summed E-state index contributed by atoms with van der Waals surface area (Å²) in [5.74, 6) is -0.877. The third kappa shape index (κ3) is 15.5. The molecule has 5 aliphatic heterocycles. The molecule has 442 valence electrons. The molecule has 6 rings (SSSR count). The van der Waals surface area contributed by atoms with Gasteiger partial charge in [-0.05, 0) is 151 Å². The molecule has 5 aliphatic rings. The first-order valence-electron chi connectivity index (χ1n) is 29.9. The fourth-order valence-electron chi connectivity index (χ4n) is 12.4. The van der Waals surface area contributed by atoms with Gasteiger partial charge in [0.1, 0.15) is 17.6 Å². The van der Waals surface area contributed by atoms with Crippen LogP contribution in [0.4, 0.5) is 0 Å². The number of carbonyl (C=O) groups excluding carboxylic acids is 2. The number of ether oxygens (including phenoxy) is 5. The van der Waals surface area contributed by atoms with Crippen LogP contribution in [0.1, 0.15) is 166 Å². The van der Waals surface area contributed by atoms with Crippen LogP contribution < -0.4 is 0 Å². The molecule has 0 bridgehead atoms. The lowest BCUT2D eigenvalue weighted by Gasteiger charge is -2.54. The normalized spacial score (nSPS) is 33.7. The van der Waals surface area contributed by atoms with Crippen molar-refractivity contribution in [3.05, 3.63) is 64.3 Å². The summed E-state index contributed by atoms with van der Waals surface area (Å²) in [4.78, 5) is 27.0. The molecule has 0 amide bonds. The maximum atomic E-state index is 15.8. The number of aldehydes is 1. The van der Waals surface area contributed by atoms with E-state index in [4.69, 9.17) is 32.5 Å². The lowest BCUT2D eigenvalue weighted by molar-refractivity contribution is -0.251. The van der Waals surface area contributed by atoms with Crippen molar-refractivity contribution in [2.45, 2.75) is 286 Å². The maximum Gasteiger partial charge on any atom is 0.193 e. The molecule has 1 unspecified atom stereocenters. The zero-order valence-corrected chi connectivity index (χ0v) is 55.8. The Morgan fingerprint density at radius 2 is 1.49 bits per heavy atom. The van der Waals surface area contributed by atoms with Crippen LogP contribution in [0.5, 0.6) is 0 Å². The monoisotopic (exact) mass is 1250 g/mol. The van der Waals surface area contributed by atoms with Gasteiger partial charge in [-0.3, -0.25) is 4.79 Å². The number of aryl methyl sites for hydroxylation is 1. The number of hydrogen-bond acceptors (Lipinski definition) is 11. The molecule has 78 heavy (non-hydrogen) atoms. The highest BCUT2D eigenvalue weighted by Gasteiger charge is 2.57. The van der Waals surface area contributed by atoms with Crippen LogP contribution in [0.15, 0.2) is 63.6 Å². The van der Waals surface area contributed by atoms with E-state index in [9.17, 15) is 4.79 Å². The van der Waals surface area contributed by atoms with E-state index in [0.717, 1.165) is 67.9 Å². The van der Waals surface area contributed by atoms with Crippen LogP contribution in [0.3, 0.4) is 0 Å². The molecule has 0 spiro atoms. The number of sulfone groups is 1. The van der Waals surface area contributed by atoms with E-state index in [1.165, 1.54) is 0 Å². The van der Waals surface area contributed by atoms with E-state index >= 15 is 13.2 Å². The lowest BCUT2D eigenvalue weighted by atomic mass is 9.78. The largest absolute Gasteiger partial charge is 0.411 e. The summed E-state index contributed by atoms with van der Waals surface area (Å²) in [6.45, 7) is 44.5. The fourth-order valence-corrected chi connectivity index (χ4v) is 17.5. The van der Waals surface area contributed by atoms with Crippen molar-refractivity contribution in [3.8, 4) is 0 Å². The van der Waals surface area contributed by atoms with E-state index in [1.807, 2.05) is 23.1 Å². The second-order valence-corrected chi connectivity index (χ2v) is 39.8. The minimum atomic E-state index is -4.27. The van der Waals surface area contributed by atoms with Crippen molar-refractivity contribution in [1.29, 1.82) is 0 Å². The molecule has 1 aromatic rings. The van der Waals surface area contributed by atoms with Crippen LogP contribution in [-0.2, 0) is 58.4 Å². The van der Waals surface area contributed by atoms with Gasteiger partial charge in [0.05, 0.1) is 72.0 Å². The van der Waals surface area contributed by atoms with Gasteiger partial charge in [-0.2, -0.15) is 0 Å². The summed E-state index contributed by atoms with van der Waals surface area (Å²) in [5, 5.41) is -1.48. The minimum absolute atomic E-state index is 0.0114. The summed E-state index contributed by atoms with van der Waals surface area (Å²) in [6, 6.07) is 7.10. The van der Waals surface area contributed by atoms with Crippen molar-refractivity contribution in [1.82, 2.24) is 0 Å². The first-order chi connectivity index (χ1) is 36.4. The Kier molecular flexibility index (Phi) is 22.9. The highest BCUT2D eigenvalue weighted by Crippen LogP contribution is 2.49. The van der Waals surface area contributed by atoms with Gasteiger partial charge in [0, 0.05) is 31.1 Å². The van der Waals surface area contributed by atoms with E-state index in [2.05, 4.69) is 144 Å². The minimum Gasteiger partial charge on any atom is -0.411 e. The predicted molar refractivity (Wildman–Crippen MR) is 328 cm³/mol. The number of carbonyl (C=O) groups is 2. The van der Waals surface area contributed by atoms with Gasteiger partial charge in [0.15, 0.2) is 32.3 Å². The van der Waals surface area contributed by atoms with Gasteiger partial charge in [0.2, 0.25) is 0 Å². The predicted octanol–water partition coefficient (Wildman–Crippen LogP) is 14.7. The summed E-state index contributed by atoms with van der Waals surface area (Å²) >= 11 is 2.28. The summed E-state index contributed by atoms with van der Waals surface area (Å²) < 4.78 is 82.9. The van der Waals surface area contributed by atoms with Crippen LogP contribution in [-0.4, -0.2) is 116 Å².